The molecule has 0 saturated heterocycles. The van der Waals surface area contributed by atoms with Crippen molar-refractivity contribution >= 4 is 11.8 Å². The van der Waals surface area contributed by atoms with Crippen LogP contribution in [0.1, 0.15) is 12.5 Å². The Bertz CT molecular complexity index is 667. The summed E-state index contributed by atoms with van der Waals surface area (Å²) in [7, 11) is 0. The maximum absolute atomic E-state index is 13.1. The van der Waals surface area contributed by atoms with Crippen molar-refractivity contribution in [2.24, 2.45) is 0 Å². The van der Waals surface area contributed by atoms with Gasteiger partial charge in [-0.2, -0.15) is 5.26 Å². The van der Waals surface area contributed by atoms with E-state index in [2.05, 4.69) is 6.07 Å². The van der Waals surface area contributed by atoms with Gasteiger partial charge in [0.2, 0.25) is 0 Å². The Morgan fingerprint density at radius 3 is 2.65 bits per heavy atom. The zero-order chi connectivity index (χ0) is 14.5. The van der Waals surface area contributed by atoms with E-state index in [1.165, 1.54) is 17.8 Å². The molecule has 0 atom stereocenters. The second kappa shape index (κ2) is 6.40. The summed E-state index contributed by atoms with van der Waals surface area (Å²) in [5.41, 5.74) is 0.393. The Kier molecular flexibility index (Phi) is 4.59. The molecule has 102 valence electrons. The lowest BCUT2D eigenvalue weighted by molar-refractivity contribution is 0.459. The maximum atomic E-state index is 13.1. The first-order valence-electron chi connectivity index (χ1n) is 5.94. The van der Waals surface area contributed by atoms with E-state index < -0.39 is 11.6 Å². The van der Waals surface area contributed by atoms with Crippen LogP contribution >= 0.6 is 11.8 Å². The van der Waals surface area contributed by atoms with Gasteiger partial charge in [-0.1, -0.05) is 13.0 Å². The summed E-state index contributed by atoms with van der Waals surface area (Å²) in [5, 5.41) is 9.23. The zero-order valence-electron chi connectivity index (χ0n) is 10.7. The second-order valence-electron chi connectivity index (χ2n) is 3.85. The number of halogens is 2. The molecule has 2 aromatic rings. The highest BCUT2D eigenvalue weighted by Crippen LogP contribution is 2.32. The number of thioether (sulfide) groups is 1. The Morgan fingerprint density at radius 2 is 2.00 bits per heavy atom. The number of rotatable bonds is 4. The van der Waals surface area contributed by atoms with E-state index in [4.69, 9.17) is 4.74 Å². The van der Waals surface area contributed by atoms with Crippen molar-refractivity contribution in [3.05, 3.63) is 53.6 Å². The molecule has 0 N–H and O–H groups in total. The summed E-state index contributed by atoms with van der Waals surface area (Å²) in [6, 6.07) is 10.5. The standard InChI is InChI=1S/C15H11F2NOS/c1-2-20-15-5-3-4-14(11(15)9-18)19-10-6-7-12(16)13(17)8-10/h3-8H,2H2,1H3. The molecule has 2 nitrogen and oxygen atoms in total. The molecule has 0 bridgehead atoms. The quantitative estimate of drug-likeness (QED) is 0.763. The van der Waals surface area contributed by atoms with E-state index in [1.807, 2.05) is 13.0 Å². The van der Waals surface area contributed by atoms with Crippen LogP contribution in [0.3, 0.4) is 0 Å². The maximum Gasteiger partial charge on any atom is 0.162 e. The van der Waals surface area contributed by atoms with Gasteiger partial charge in [0.15, 0.2) is 11.6 Å². The fraction of sp³-hybridized carbons (Fsp3) is 0.133. The minimum atomic E-state index is -0.986. The first kappa shape index (κ1) is 14.4. The topological polar surface area (TPSA) is 33.0 Å². The van der Waals surface area contributed by atoms with Crippen LogP contribution in [0, 0.1) is 23.0 Å². The Morgan fingerprint density at radius 1 is 1.20 bits per heavy atom. The van der Waals surface area contributed by atoms with Crippen LogP contribution in [0.4, 0.5) is 8.78 Å². The lowest BCUT2D eigenvalue weighted by Gasteiger charge is -2.10. The summed E-state index contributed by atoms with van der Waals surface area (Å²) < 4.78 is 31.5. The lowest BCUT2D eigenvalue weighted by atomic mass is 10.2. The number of ether oxygens (including phenoxy) is 1. The summed E-state index contributed by atoms with van der Waals surface area (Å²) >= 11 is 1.52. The van der Waals surface area contributed by atoms with Crippen LogP contribution in [-0.2, 0) is 0 Å². The van der Waals surface area contributed by atoms with Crippen LogP contribution in [0.5, 0.6) is 11.5 Å². The molecule has 0 aromatic heterocycles. The fourth-order valence-corrected chi connectivity index (χ4v) is 2.43. The molecule has 0 radical (unpaired) electrons. The molecule has 0 spiro atoms. The molecule has 0 aliphatic rings. The van der Waals surface area contributed by atoms with Crippen LogP contribution in [0.15, 0.2) is 41.3 Å². The van der Waals surface area contributed by atoms with Crippen molar-refractivity contribution in [1.82, 2.24) is 0 Å². The van der Waals surface area contributed by atoms with E-state index in [0.717, 1.165) is 22.8 Å². The largest absolute Gasteiger partial charge is 0.456 e. The summed E-state index contributed by atoms with van der Waals surface area (Å²) in [6.45, 7) is 1.98. The molecule has 0 saturated carbocycles. The summed E-state index contributed by atoms with van der Waals surface area (Å²) in [4.78, 5) is 0.801. The third kappa shape index (κ3) is 3.09. The van der Waals surface area contributed by atoms with Crippen molar-refractivity contribution in [3.8, 4) is 17.6 Å². The van der Waals surface area contributed by atoms with Gasteiger partial charge in [0.05, 0.1) is 0 Å². The fourth-order valence-electron chi connectivity index (χ4n) is 1.65. The van der Waals surface area contributed by atoms with Gasteiger partial charge in [-0.25, -0.2) is 8.78 Å². The van der Waals surface area contributed by atoms with Crippen molar-refractivity contribution in [1.29, 1.82) is 5.26 Å². The van der Waals surface area contributed by atoms with Gasteiger partial charge in [-0.15, -0.1) is 11.8 Å². The Balaban J connectivity index is 2.35. The number of nitrogens with zero attached hydrogens (tertiary/aromatic N) is 1. The molecule has 20 heavy (non-hydrogen) atoms. The van der Waals surface area contributed by atoms with Gasteiger partial charge in [-0.3, -0.25) is 0 Å². The predicted molar refractivity (Wildman–Crippen MR) is 74.0 cm³/mol. The van der Waals surface area contributed by atoms with E-state index >= 15 is 0 Å². The normalized spacial score (nSPS) is 10.1. The van der Waals surface area contributed by atoms with Gasteiger partial charge in [0.1, 0.15) is 23.1 Å². The van der Waals surface area contributed by atoms with Crippen LogP contribution in [-0.4, -0.2) is 5.75 Å². The average molecular weight is 291 g/mol. The molecule has 5 heteroatoms. The number of nitriles is 1. The van der Waals surface area contributed by atoms with Gasteiger partial charge >= 0.3 is 0 Å². The predicted octanol–water partition coefficient (Wildman–Crippen LogP) is 4.74. The van der Waals surface area contributed by atoms with Crippen molar-refractivity contribution in [2.45, 2.75) is 11.8 Å². The molecule has 0 fully saturated rings. The number of benzene rings is 2. The van der Waals surface area contributed by atoms with Crippen LogP contribution in [0.25, 0.3) is 0 Å². The third-order valence-electron chi connectivity index (χ3n) is 2.52. The van der Waals surface area contributed by atoms with Gasteiger partial charge in [0.25, 0.3) is 0 Å². The van der Waals surface area contributed by atoms with Gasteiger partial charge < -0.3 is 4.74 Å². The molecule has 2 rings (SSSR count). The van der Waals surface area contributed by atoms with Crippen LogP contribution in [0.2, 0.25) is 0 Å². The Hall–Kier alpha value is -2.06. The summed E-state index contributed by atoms with van der Waals surface area (Å²) in [6.07, 6.45) is 0. The molecular formula is C15H11F2NOS. The monoisotopic (exact) mass is 291 g/mol. The van der Waals surface area contributed by atoms with Crippen molar-refractivity contribution < 1.29 is 13.5 Å². The second-order valence-corrected chi connectivity index (χ2v) is 5.16. The highest BCUT2D eigenvalue weighted by atomic mass is 32.2. The van der Waals surface area contributed by atoms with Gasteiger partial charge in [-0.05, 0) is 30.0 Å². The zero-order valence-corrected chi connectivity index (χ0v) is 11.5. The smallest absolute Gasteiger partial charge is 0.162 e. The highest BCUT2D eigenvalue weighted by Gasteiger charge is 2.11. The minimum Gasteiger partial charge on any atom is -0.456 e. The van der Waals surface area contributed by atoms with E-state index in [9.17, 15) is 14.0 Å². The lowest BCUT2D eigenvalue weighted by Crippen LogP contribution is -1.92. The van der Waals surface area contributed by atoms with Gasteiger partial charge in [0, 0.05) is 11.0 Å². The average Bonchev–Trinajstić information content (AvgIpc) is 2.44. The van der Waals surface area contributed by atoms with Crippen LogP contribution < -0.4 is 4.74 Å². The molecule has 2 aromatic carbocycles. The number of hydrogen-bond acceptors (Lipinski definition) is 3. The van der Waals surface area contributed by atoms with E-state index in [1.54, 1.807) is 12.1 Å². The molecule has 0 aliphatic carbocycles. The molecule has 0 unspecified atom stereocenters. The minimum absolute atomic E-state index is 0.152. The van der Waals surface area contributed by atoms with Crippen molar-refractivity contribution in [2.75, 3.05) is 5.75 Å². The van der Waals surface area contributed by atoms with E-state index in [0.29, 0.717) is 11.3 Å². The third-order valence-corrected chi connectivity index (χ3v) is 3.46. The highest BCUT2D eigenvalue weighted by molar-refractivity contribution is 7.99. The molecule has 0 heterocycles. The summed E-state index contributed by atoms with van der Waals surface area (Å²) in [5.74, 6) is -0.618. The molecule has 0 amide bonds. The Labute approximate surface area is 120 Å². The molecule has 0 aliphatic heterocycles. The number of hydrogen-bond donors (Lipinski definition) is 0. The van der Waals surface area contributed by atoms with Crippen molar-refractivity contribution in [3.63, 3.8) is 0 Å². The first-order chi connectivity index (χ1) is 9.65. The van der Waals surface area contributed by atoms with E-state index in [-0.39, 0.29) is 5.75 Å². The first-order valence-corrected chi connectivity index (χ1v) is 6.93. The SMILES string of the molecule is CCSc1cccc(Oc2ccc(F)c(F)c2)c1C#N. The molecular weight excluding hydrogens is 280 g/mol.